The van der Waals surface area contributed by atoms with Crippen molar-refractivity contribution in [3.63, 3.8) is 0 Å². The molecule has 0 amide bonds. The van der Waals surface area contributed by atoms with E-state index in [9.17, 15) is 8.42 Å². The van der Waals surface area contributed by atoms with Crippen LogP contribution in [0.25, 0.3) is 0 Å². The molecule has 1 aliphatic heterocycles. The third-order valence-corrected chi connectivity index (χ3v) is 5.87. The fraction of sp³-hybridized carbons (Fsp3) is 0.600. The maximum absolute atomic E-state index is 12.0. The predicted octanol–water partition coefficient (Wildman–Crippen LogP) is 1.83. The first-order valence-corrected chi connectivity index (χ1v) is 8.89. The van der Waals surface area contributed by atoms with Gasteiger partial charge >= 0.3 is 0 Å². The summed E-state index contributed by atoms with van der Waals surface area (Å²) in [5.74, 6) is 0. The summed E-state index contributed by atoms with van der Waals surface area (Å²) in [5.41, 5.74) is 0.989. The third-order valence-electron chi connectivity index (χ3n) is 4.04. The van der Waals surface area contributed by atoms with Crippen LogP contribution in [0.1, 0.15) is 19.8 Å². The van der Waals surface area contributed by atoms with Crippen LogP contribution in [0.5, 0.6) is 0 Å². The van der Waals surface area contributed by atoms with E-state index < -0.39 is 10.0 Å². The predicted molar refractivity (Wildman–Crippen MR) is 86.1 cm³/mol. The van der Waals surface area contributed by atoms with Crippen molar-refractivity contribution in [3.05, 3.63) is 24.3 Å². The van der Waals surface area contributed by atoms with Crippen LogP contribution in [0.2, 0.25) is 0 Å². The minimum atomic E-state index is -3.34. The molecule has 1 fully saturated rings. The molecule has 0 unspecified atom stereocenters. The smallest absolute Gasteiger partial charge is 0.242 e. The summed E-state index contributed by atoms with van der Waals surface area (Å²) >= 11 is 0. The zero-order chi connectivity index (χ0) is 15.5. The molecule has 0 aromatic heterocycles. The van der Waals surface area contributed by atoms with Crippen LogP contribution in [-0.4, -0.2) is 57.4 Å². The van der Waals surface area contributed by atoms with Gasteiger partial charge in [-0.15, -0.1) is 0 Å². The number of anilines is 1. The van der Waals surface area contributed by atoms with Gasteiger partial charge in [-0.3, -0.25) is 0 Å². The van der Waals surface area contributed by atoms with Gasteiger partial charge < -0.3 is 10.2 Å². The Bertz CT molecular complexity index is 547. The Morgan fingerprint density at radius 2 is 1.76 bits per heavy atom. The van der Waals surface area contributed by atoms with Crippen LogP contribution >= 0.6 is 0 Å². The summed E-state index contributed by atoms with van der Waals surface area (Å²) in [6, 6.07) is 7.51. The van der Waals surface area contributed by atoms with E-state index in [-0.39, 0.29) is 0 Å². The van der Waals surface area contributed by atoms with Gasteiger partial charge in [0.25, 0.3) is 0 Å². The van der Waals surface area contributed by atoms with E-state index >= 15 is 0 Å². The van der Waals surface area contributed by atoms with Gasteiger partial charge in [0, 0.05) is 38.9 Å². The number of nitrogens with zero attached hydrogens (tertiary/aromatic N) is 2. The molecule has 0 saturated carbocycles. The van der Waals surface area contributed by atoms with Gasteiger partial charge in [-0.2, -0.15) is 0 Å². The largest absolute Gasteiger partial charge is 0.382 e. The molecule has 0 bridgehead atoms. The monoisotopic (exact) mass is 311 g/mol. The molecule has 1 aliphatic rings. The van der Waals surface area contributed by atoms with Gasteiger partial charge in [-0.1, -0.05) is 6.92 Å². The lowest BCUT2D eigenvalue weighted by Crippen LogP contribution is -2.38. The lowest BCUT2D eigenvalue weighted by molar-refractivity contribution is 0.229. The second kappa shape index (κ2) is 6.77. The minimum absolute atomic E-state index is 0.332. The number of benzene rings is 1. The number of sulfonamides is 1. The molecule has 1 N–H and O–H groups in total. The van der Waals surface area contributed by atoms with E-state index in [1.54, 1.807) is 26.2 Å². The van der Waals surface area contributed by atoms with Gasteiger partial charge in [-0.05, 0) is 43.7 Å². The molecule has 1 saturated heterocycles. The maximum Gasteiger partial charge on any atom is 0.242 e. The Kier molecular flexibility index (Phi) is 5.24. The Hall–Kier alpha value is -1.11. The highest BCUT2D eigenvalue weighted by atomic mass is 32.2. The Balaban J connectivity index is 1.97. The summed E-state index contributed by atoms with van der Waals surface area (Å²) in [6.45, 7) is 5.56. The molecular formula is C15H25N3O2S. The topological polar surface area (TPSA) is 52.7 Å². The average Bonchev–Trinajstić information content (AvgIpc) is 2.48. The van der Waals surface area contributed by atoms with Gasteiger partial charge in [0.15, 0.2) is 0 Å². The Morgan fingerprint density at radius 3 is 2.24 bits per heavy atom. The zero-order valence-corrected chi connectivity index (χ0v) is 13.9. The molecule has 1 heterocycles. The third kappa shape index (κ3) is 3.96. The van der Waals surface area contributed by atoms with E-state index in [0.717, 1.165) is 38.2 Å². The van der Waals surface area contributed by atoms with Crippen LogP contribution < -0.4 is 5.32 Å². The lowest BCUT2D eigenvalue weighted by Gasteiger charge is -2.32. The normalized spacial score (nSPS) is 18.1. The van der Waals surface area contributed by atoms with Crippen LogP contribution in [0, 0.1) is 0 Å². The molecule has 0 aliphatic carbocycles. The molecule has 1 aromatic carbocycles. The highest BCUT2D eigenvalue weighted by Gasteiger charge is 2.19. The molecule has 6 heteroatoms. The molecular weight excluding hydrogens is 286 g/mol. The summed E-state index contributed by atoms with van der Waals surface area (Å²) in [6.07, 6.45) is 2.26. The molecule has 1 aromatic rings. The van der Waals surface area contributed by atoms with Gasteiger partial charge in [0.05, 0.1) is 4.90 Å². The van der Waals surface area contributed by atoms with Crippen molar-refractivity contribution in [1.29, 1.82) is 0 Å². The van der Waals surface area contributed by atoms with E-state index in [1.165, 1.54) is 4.31 Å². The van der Waals surface area contributed by atoms with Crippen molar-refractivity contribution >= 4 is 15.7 Å². The Morgan fingerprint density at radius 1 is 1.19 bits per heavy atom. The number of nitrogens with one attached hydrogen (secondary N) is 1. The molecule has 0 radical (unpaired) electrons. The van der Waals surface area contributed by atoms with Crippen molar-refractivity contribution in [2.75, 3.05) is 39.0 Å². The van der Waals surface area contributed by atoms with Crippen LogP contribution in [0.4, 0.5) is 5.69 Å². The highest BCUT2D eigenvalue weighted by molar-refractivity contribution is 7.89. The second-order valence-corrected chi connectivity index (χ2v) is 7.82. The van der Waals surface area contributed by atoms with Gasteiger partial charge in [0.2, 0.25) is 10.0 Å². The van der Waals surface area contributed by atoms with E-state index in [4.69, 9.17) is 0 Å². The number of likely N-dealkylation sites (tertiary alicyclic amines) is 1. The van der Waals surface area contributed by atoms with Gasteiger partial charge in [-0.25, -0.2) is 12.7 Å². The molecule has 21 heavy (non-hydrogen) atoms. The standard InChI is InChI=1S/C15H25N3O2S/c1-4-18-11-9-14(10-12-18)16-13-5-7-15(8-6-13)21(19,20)17(2)3/h5-8,14,16H,4,9-12H2,1-3H3. The summed E-state index contributed by atoms with van der Waals surface area (Å²) in [4.78, 5) is 2.78. The van der Waals surface area contributed by atoms with E-state index in [2.05, 4.69) is 17.1 Å². The van der Waals surface area contributed by atoms with Crippen molar-refractivity contribution < 1.29 is 8.42 Å². The second-order valence-electron chi connectivity index (χ2n) is 5.66. The van der Waals surface area contributed by atoms with Crippen molar-refractivity contribution in [1.82, 2.24) is 9.21 Å². The molecule has 2 rings (SSSR count). The van der Waals surface area contributed by atoms with Gasteiger partial charge in [0.1, 0.15) is 0 Å². The minimum Gasteiger partial charge on any atom is -0.382 e. The highest BCUT2D eigenvalue weighted by Crippen LogP contribution is 2.20. The number of hydrogen-bond acceptors (Lipinski definition) is 4. The zero-order valence-electron chi connectivity index (χ0n) is 13.0. The fourth-order valence-corrected chi connectivity index (χ4v) is 3.46. The Labute approximate surface area is 128 Å². The quantitative estimate of drug-likeness (QED) is 0.901. The van der Waals surface area contributed by atoms with Crippen LogP contribution in [0.15, 0.2) is 29.2 Å². The summed E-state index contributed by atoms with van der Waals surface area (Å²) in [5, 5.41) is 3.50. The number of piperidine rings is 1. The van der Waals surface area contributed by atoms with E-state index in [1.807, 2.05) is 12.1 Å². The van der Waals surface area contributed by atoms with E-state index in [0.29, 0.717) is 10.9 Å². The molecule has 5 nitrogen and oxygen atoms in total. The first-order chi connectivity index (χ1) is 9.93. The average molecular weight is 311 g/mol. The molecule has 0 atom stereocenters. The fourth-order valence-electron chi connectivity index (χ4n) is 2.56. The van der Waals surface area contributed by atoms with Crippen LogP contribution in [0.3, 0.4) is 0 Å². The van der Waals surface area contributed by atoms with Crippen molar-refractivity contribution in [3.8, 4) is 0 Å². The molecule has 0 spiro atoms. The number of hydrogen-bond donors (Lipinski definition) is 1. The van der Waals surface area contributed by atoms with Crippen molar-refractivity contribution in [2.45, 2.75) is 30.7 Å². The summed E-state index contributed by atoms with van der Waals surface area (Å²) < 4.78 is 25.2. The molecule has 118 valence electrons. The SMILES string of the molecule is CCN1CCC(Nc2ccc(S(=O)(=O)N(C)C)cc2)CC1. The maximum atomic E-state index is 12.0. The first kappa shape index (κ1) is 16.3. The summed E-state index contributed by atoms with van der Waals surface area (Å²) in [7, 11) is -0.249. The van der Waals surface area contributed by atoms with Crippen LogP contribution in [-0.2, 0) is 10.0 Å². The lowest BCUT2D eigenvalue weighted by atomic mass is 10.0. The van der Waals surface area contributed by atoms with Crippen molar-refractivity contribution in [2.24, 2.45) is 0 Å². The first-order valence-electron chi connectivity index (χ1n) is 7.45. The number of rotatable bonds is 5.